The number of rotatable bonds is 2. The standard InChI is InChI=1S/C12H15ClN2O2/c1-7-9(4-5-17-7)12(16)15-11-3-2-8(14)6-10(11)13/h2-3,6-7,9H,4-5,14H2,1H3,(H,15,16). The van der Waals surface area contributed by atoms with Gasteiger partial charge in [0, 0.05) is 12.3 Å². The monoisotopic (exact) mass is 254 g/mol. The molecule has 0 spiro atoms. The molecule has 0 bridgehead atoms. The molecule has 2 unspecified atom stereocenters. The second kappa shape index (κ2) is 4.94. The predicted octanol–water partition coefficient (Wildman–Crippen LogP) is 2.29. The SMILES string of the molecule is CC1OCCC1C(=O)Nc1ccc(N)cc1Cl. The second-order valence-corrected chi connectivity index (χ2v) is 4.61. The summed E-state index contributed by atoms with van der Waals surface area (Å²) in [6, 6.07) is 5.03. The molecule has 1 aromatic carbocycles. The molecule has 2 atom stereocenters. The van der Waals surface area contributed by atoms with E-state index in [1.165, 1.54) is 0 Å². The number of hydrogen-bond acceptors (Lipinski definition) is 3. The lowest BCUT2D eigenvalue weighted by atomic mass is 10.0. The molecule has 2 rings (SSSR count). The van der Waals surface area contributed by atoms with Crippen LogP contribution < -0.4 is 11.1 Å². The maximum absolute atomic E-state index is 12.0. The highest BCUT2D eigenvalue weighted by Gasteiger charge is 2.30. The maximum Gasteiger partial charge on any atom is 0.230 e. The average Bonchev–Trinajstić information content (AvgIpc) is 2.68. The quantitative estimate of drug-likeness (QED) is 0.796. The molecule has 0 aromatic heterocycles. The van der Waals surface area contributed by atoms with Crippen LogP contribution in [0.4, 0.5) is 11.4 Å². The molecule has 1 amide bonds. The third-order valence-corrected chi connectivity index (χ3v) is 3.28. The number of carbonyl (C=O) groups excluding carboxylic acids is 1. The van der Waals surface area contributed by atoms with Crippen LogP contribution in [-0.2, 0) is 9.53 Å². The van der Waals surface area contributed by atoms with Crippen LogP contribution in [0.3, 0.4) is 0 Å². The number of amides is 1. The van der Waals surface area contributed by atoms with Gasteiger partial charge in [0.1, 0.15) is 0 Å². The summed E-state index contributed by atoms with van der Waals surface area (Å²) in [7, 11) is 0. The van der Waals surface area contributed by atoms with Crippen molar-refractivity contribution in [2.45, 2.75) is 19.4 Å². The first-order valence-corrected chi connectivity index (χ1v) is 5.93. The molecular formula is C12H15ClN2O2. The van der Waals surface area contributed by atoms with Gasteiger partial charge in [-0.25, -0.2) is 0 Å². The highest BCUT2D eigenvalue weighted by Crippen LogP contribution is 2.27. The first kappa shape index (κ1) is 12.2. The number of anilines is 2. The Morgan fingerprint density at radius 3 is 2.94 bits per heavy atom. The Balaban J connectivity index is 2.07. The normalized spacial score (nSPS) is 23.6. The summed E-state index contributed by atoms with van der Waals surface area (Å²) >= 11 is 5.99. The topological polar surface area (TPSA) is 64.3 Å². The summed E-state index contributed by atoms with van der Waals surface area (Å²) < 4.78 is 5.36. The molecule has 0 saturated carbocycles. The van der Waals surface area contributed by atoms with Gasteiger partial charge in [-0.1, -0.05) is 11.6 Å². The highest BCUT2D eigenvalue weighted by atomic mass is 35.5. The Kier molecular flexibility index (Phi) is 3.54. The van der Waals surface area contributed by atoms with Crippen LogP contribution in [0.1, 0.15) is 13.3 Å². The fourth-order valence-corrected chi connectivity index (χ4v) is 2.17. The van der Waals surface area contributed by atoms with Crippen molar-refractivity contribution in [1.29, 1.82) is 0 Å². The Morgan fingerprint density at radius 1 is 1.59 bits per heavy atom. The van der Waals surface area contributed by atoms with E-state index in [9.17, 15) is 4.79 Å². The van der Waals surface area contributed by atoms with E-state index in [2.05, 4.69) is 5.32 Å². The number of nitrogen functional groups attached to an aromatic ring is 1. The van der Waals surface area contributed by atoms with Crippen molar-refractivity contribution < 1.29 is 9.53 Å². The van der Waals surface area contributed by atoms with Crippen LogP contribution in [0.2, 0.25) is 5.02 Å². The van der Waals surface area contributed by atoms with E-state index in [4.69, 9.17) is 22.1 Å². The third kappa shape index (κ3) is 2.70. The molecule has 0 aliphatic carbocycles. The average molecular weight is 255 g/mol. The molecule has 17 heavy (non-hydrogen) atoms. The number of carbonyl (C=O) groups is 1. The summed E-state index contributed by atoms with van der Waals surface area (Å²) in [6.45, 7) is 2.54. The number of nitrogens with one attached hydrogen (secondary N) is 1. The van der Waals surface area contributed by atoms with Crippen LogP contribution in [0, 0.1) is 5.92 Å². The van der Waals surface area contributed by atoms with Crippen molar-refractivity contribution in [3.63, 3.8) is 0 Å². The third-order valence-electron chi connectivity index (χ3n) is 2.96. The Morgan fingerprint density at radius 2 is 2.35 bits per heavy atom. The molecule has 1 aromatic rings. The van der Waals surface area contributed by atoms with Crippen molar-refractivity contribution >= 4 is 28.9 Å². The van der Waals surface area contributed by atoms with Crippen molar-refractivity contribution in [3.05, 3.63) is 23.2 Å². The minimum Gasteiger partial charge on any atom is -0.399 e. The van der Waals surface area contributed by atoms with E-state index >= 15 is 0 Å². The van der Waals surface area contributed by atoms with Crippen LogP contribution in [0.15, 0.2) is 18.2 Å². The van der Waals surface area contributed by atoms with Crippen molar-refractivity contribution in [1.82, 2.24) is 0 Å². The minimum atomic E-state index is -0.108. The first-order chi connectivity index (χ1) is 8.08. The van der Waals surface area contributed by atoms with Gasteiger partial charge in [-0.3, -0.25) is 4.79 Å². The summed E-state index contributed by atoms with van der Waals surface area (Å²) in [5.74, 6) is -0.162. The molecule has 3 N–H and O–H groups in total. The van der Waals surface area contributed by atoms with Gasteiger partial charge in [0.05, 0.1) is 22.7 Å². The maximum atomic E-state index is 12.0. The van der Waals surface area contributed by atoms with Gasteiger partial charge in [-0.05, 0) is 31.5 Å². The largest absolute Gasteiger partial charge is 0.399 e. The van der Waals surface area contributed by atoms with E-state index in [0.29, 0.717) is 23.0 Å². The fraction of sp³-hybridized carbons (Fsp3) is 0.417. The van der Waals surface area contributed by atoms with Gasteiger partial charge in [0.15, 0.2) is 0 Å². The molecule has 1 fully saturated rings. The van der Waals surface area contributed by atoms with Crippen LogP contribution >= 0.6 is 11.6 Å². The lowest BCUT2D eigenvalue weighted by Crippen LogP contribution is -2.27. The van der Waals surface area contributed by atoms with E-state index < -0.39 is 0 Å². The first-order valence-electron chi connectivity index (χ1n) is 5.55. The predicted molar refractivity (Wildman–Crippen MR) is 68.0 cm³/mol. The Hall–Kier alpha value is -1.26. The van der Waals surface area contributed by atoms with Gasteiger partial charge in [-0.15, -0.1) is 0 Å². The lowest BCUT2D eigenvalue weighted by Gasteiger charge is -2.14. The van der Waals surface area contributed by atoms with Crippen LogP contribution in [0.25, 0.3) is 0 Å². The number of halogens is 1. The highest BCUT2D eigenvalue weighted by molar-refractivity contribution is 6.34. The van der Waals surface area contributed by atoms with E-state index in [0.717, 1.165) is 6.42 Å². The summed E-state index contributed by atoms with van der Waals surface area (Å²) in [5.41, 5.74) is 6.75. The molecule has 5 heteroatoms. The van der Waals surface area contributed by atoms with E-state index in [1.54, 1.807) is 18.2 Å². The van der Waals surface area contributed by atoms with Crippen molar-refractivity contribution in [2.24, 2.45) is 5.92 Å². The number of ether oxygens (including phenoxy) is 1. The zero-order valence-corrected chi connectivity index (χ0v) is 10.3. The number of benzene rings is 1. The van der Waals surface area contributed by atoms with Crippen molar-refractivity contribution in [3.8, 4) is 0 Å². The van der Waals surface area contributed by atoms with Crippen molar-refractivity contribution in [2.75, 3.05) is 17.7 Å². The molecule has 1 aliphatic rings. The summed E-state index contributed by atoms with van der Waals surface area (Å²) in [5, 5.41) is 3.25. The summed E-state index contributed by atoms with van der Waals surface area (Å²) in [4.78, 5) is 12.0. The summed E-state index contributed by atoms with van der Waals surface area (Å²) in [6.07, 6.45) is 0.710. The molecule has 1 heterocycles. The van der Waals surface area contributed by atoms with Crippen LogP contribution in [-0.4, -0.2) is 18.6 Å². The second-order valence-electron chi connectivity index (χ2n) is 4.20. The van der Waals surface area contributed by atoms with Gasteiger partial charge in [-0.2, -0.15) is 0 Å². The lowest BCUT2D eigenvalue weighted by molar-refractivity contribution is -0.121. The molecule has 4 nitrogen and oxygen atoms in total. The van der Waals surface area contributed by atoms with E-state index in [-0.39, 0.29) is 17.9 Å². The van der Waals surface area contributed by atoms with E-state index in [1.807, 2.05) is 6.92 Å². The van der Waals surface area contributed by atoms with Gasteiger partial charge < -0.3 is 15.8 Å². The molecule has 0 radical (unpaired) electrons. The molecular weight excluding hydrogens is 240 g/mol. The minimum absolute atomic E-state index is 0.0393. The molecule has 92 valence electrons. The smallest absolute Gasteiger partial charge is 0.230 e. The Bertz CT molecular complexity index is 437. The fourth-order valence-electron chi connectivity index (χ4n) is 1.93. The zero-order valence-electron chi connectivity index (χ0n) is 9.57. The van der Waals surface area contributed by atoms with Crippen LogP contribution in [0.5, 0.6) is 0 Å². The number of nitrogens with two attached hydrogens (primary N) is 1. The zero-order chi connectivity index (χ0) is 12.4. The van der Waals surface area contributed by atoms with Gasteiger partial charge >= 0.3 is 0 Å². The molecule has 1 aliphatic heterocycles. The van der Waals surface area contributed by atoms with Gasteiger partial charge in [0.2, 0.25) is 5.91 Å². The Labute approximate surface area is 105 Å². The molecule has 1 saturated heterocycles. The number of hydrogen-bond donors (Lipinski definition) is 2. The van der Waals surface area contributed by atoms with Gasteiger partial charge in [0.25, 0.3) is 0 Å².